The molecule has 1 N–H and O–H groups in total. The van der Waals surface area contributed by atoms with Crippen molar-refractivity contribution in [3.05, 3.63) is 92.5 Å². The molecule has 0 spiro atoms. The first-order valence-corrected chi connectivity index (χ1v) is 13.6. The number of carbonyl (C=O) groups is 1. The molecule has 1 aliphatic heterocycles. The average molecular weight is 570 g/mol. The lowest BCUT2D eigenvalue weighted by molar-refractivity contribution is 0.0695. The first-order valence-electron chi connectivity index (χ1n) is 12.8. The number of carboxylic acid groups (broad SMARTS) is 1. The third-order valence-electron chi connectivity index (χ3n) is 7.63. The van der Waals surface area contributed by atoms with E-state index in [0.717, 1.165) is 18.4 Å². The summed E-state index contributed by atoms with van der Waals surface area (Å²) in [6.07, 6.45) is 8.61. The number of aromatic nitrogens is 3. The van der Waals surface area contributed by atoms with Gasteiger partial charge in [0.2, 0.25) is 5.43 Å². The maximum Gasteiger partial charge on any atom is 0.341 e. The second-order valence-electron chi connectivity index (χ2n) is 10.1. The summed E-state index contributed by atoms with van der Waals surface area (Å²) in [6.45, 7) is 3.08. The molecule has 0 bridgehead atoms. The molecule has 1 unspecified atom stereocenters. The first kappa shape index (κ1) is 25.9. The monoisotopic (exact) mass is 569 g/mol. The summed E-state index contributed by atoms with van der Waals surface area (Å²) in [7, 11) is 0. The van der Waals surface area contributed by atoms with Gasteiger partial charge in [0.15, 0.2) is 0 Å². The minimum atomic E-state index is -1.30. The predicted molar refractivity (Wildman–Crippen MR) is 149 cm³/mol. The molecule has 1 atom stereocenters. The molecule has 0 radical (unpaired) electrons. The van der Waals surface area contributed by atoms with Crippen LogP contribution in [0, 0.1) is 5.82 Å². The smallest absolute Gasteiger partial charge is 0.341 e. The SMILES string of the molecule is O=C(O)c1cn(C2CC2)c2cc(N3CCN(C(Cn4ccnc4)c4ccc(Cl)cc4Cl)CC3)c(F)cc2c1=O. The van der Waals surface area contributed by atoms with Crippen molar-refractivity contribution in [2.45, 2.75) is 31.5 Å². The molecule has 2 fully saturated rings. The van der Waals surface area contributed by atoms with E-state index in [0.29, 0.717) is 54.0 Å². The van der Waals surface area contributed by atoms with Crippen molar-refractivity contribution in [1.82, 2.24) is 19.0 Å². The summed E-state index contributed by atoms with van der Waals surface area (Å²) < 4.78 is 19.3. The Hall–Kier alpha value is -3.40. The molecule has 1 saturated carbocycles. The summed E-state index contributed by atoms with van der Waals surface area (Å²) in [5.41, 5.74) is 0.946. The van der Waals surface area contributed by atoms with Crippen LogP contribution >= 0.6 is 23.2 Å². The molecule has 1 aliphatic carbocycles. The standard InChI is InChI=1S/C28H26Cl2FN5O3/c29-17-1-4-19(22(30)11-17)26(15-33-6-5-32-16-33)35-9-7-34(8-10-35)25-13-24-20(12-23(25)31)27(37)21(28(38)39)14-36(24)18-2-3-18/h1,4-6,11-14,16,18,26H,2-3,7-10,15H2,(H,38,39). The maximum atomic E-state index is 15.4. The minimum absolute atomic E-state index is 0.0398. The zero-order valence-electron chi connectivity index (χ0n) is 20.9. The second-order valence-corrected chi connectivity index (χ2v) is 10.9. The molecule has 1 saturated heterocycles. The van der Waals surface area contributed by atoms with Gasteiger partial charge in [0.1, 0.15) is 11.4 Å². The Labute approximate surface area is 233 Å². The van der Waals surface area contributed by atoms with E-state index in [2.05, 4.69) is 9.88 Å². The highest BCUT2D eigenvalue weighted by Gasteiger charge is 2.30. The molecule has 2 aliphatic rings. The van der Waals surface area contributed by atoms with Crippen LogP contribution in [0.1, 0.15) is 40.8 Å². The lowest BCUT2D eigenvalue weighted by atomic mass is 10.0. The molecule has 8 nitrogen and oxygen atoms in total. The number of halogens is 3. The van der Waals surface area contributed by atoms with Gasteiger partial charge in [0, 0.05) is 72.8 Å². The van der Waals surface area contributed by atoms with Crippen LogP contribution in [0.25, 0.3) is 10.9 Å². The number of benzene rings is 2. The molecule has 3 heterocycles. The number of rotatable bonds is 7. The molecule has 39 heavy (non-hydrogen) atoms. The molecule has 2 aromatic heterocycles. The fraction of sp³-hybridized carbons (Fsp3) is 0.321. The van der Waals surface area contributed by atoms with Gasteiger partial charge in [-0.1, -0.05) is 29.3 Å². The van der Waals surface area contributed by atoms with Crippen molar-refractivity contribution < 1.29 is 14.3 Å². The Kier molecular flexibility index (Phi) is 6.82. The summed E-state index contributed by atoms with van der Waals surface area (Å²) in [4.78, 5) is 32.9. The number of imidazole rings is 1. The Balaban J connectivity index is 1.29. The van der Waals surface area contributed by atoms with Gasteiger partial charge in [0.05, 0.1) is 23.6 Å². The van der Waals surface area contributed by atoms with Gasteiger partial charge in [-0.05, 0) is 42.7 Å². The number of nitrogens with zero attached hydrogens (tertiary/aromatic N) is 5. The number of aromatic carboxylic acids is 1. The molecular formula is C28H26Cl2FN5O3. The van der Waals surface area contributed by atoms with Gasteiger partial charge in [-0.15, -0.1) is 0 Å². The van der Waals surface area contributed by atoms with E-state index >= 15 is 4.39 Å². The van der Waals surface area contributed by atoms with Gasteiger partial charge in [0.25, 0.3) is 0 Å². The van der Waals surface area contributed by atoms with Gasteiger partial charge in [-0.3, -0.25) is 9.69 Å². The van der Waals surface area contributed by atoms with Crippen molar-refractivity contribution in [2.24, 2.45) is 0 Å². The number of fused-ring (bicyclic) bond motifs is 1. The largest absolute Gasteiger partial charge is 0.477 e. The fourth-order valence-corrected chi connectivity index (χ4v) is 5.99. The Morgan fingerprint density at radius 1 is 1.13 bits per heavy atom. The molecule has 202 valence electrons. The topological polar surface area (TPSA) is 83.6 Å². The molecule has 0 amide bonds. The van der Waals surface area contributed by atoms with Crippen molar-refractivity contribution in [3.63, 3.8) is 0 Å². The van der Waals surface area contributed by atoms with E-state index in [1.165, 1.54) is 12.3 Å². The van der Waals surface area contributed by atoms with E-state index in [-0.39, 0.29) is 23.0 Å². The van der Waals surface area contributed by atoms with Gasteiger partial charge in [-0.2, -0.15) is 0 Å². The maximum absolute atomic E-state index is 15.4. The van der Waals surface area contributed by atoms with Crippen LogP contribution in [0.3, 0.4) is 0 Å². The summed E-state index contributed by atoms with van der Waals surface area (Å²) in [6, 6.07) is 8.50. The molecular weight excluding hydrogens is 544 g/mol. The van der Waals surface area contributed by atoms with Crippen LogP contribution in [0.15, 0.2) is 60.0 Å². The van der Waals surface area contributed by atoms with E-state index in [4.69, 9.17) is 23.2 Å². The fourth-order valence-electron chi connectivity index (χ4n) is 5.46. The predicted octanol–water partition coefficient (Wildman–Crippen LogP) is 5.24. The van der Waals surface area contributed by atoms with Crippen LogP contribution in [0.5, 0.6) is 0 Å². The van der Waals surface area contributed by atoms with Crippen LogP contribution in [0.4, 0.5) is 10.1 Å². The number of hydrogen-bond acceptors (Lipinski definition) is 5. The normalized spacial score (nSPS) is 17.1. The van der Waals surface area contributed by atoms with Crippen molar-refractivity contribution in [2.75, 3.05) is 31.1 Å². The Morgan fingerprint density at radius 2 is 1.90 bits per heavy atom. The summed E-state index contributed by atoms with van der Waals surface area (Å²) >= 11 is 12.8. The number of carboxylic acids is 1. The Bertz CT molecular complexity index is 1610. The molecule has 6 rings (SSSR count). The molecule has 11 heteroatoms. The number of pyridine rings is 1. The quantitative estimate of drug-likeness (QED) is 0.327. The number of piperazine rings is 1. The Morgan fingerprint density at radius 3 is 2.54 bits per heavy atom. The minimum Gasteiger partial charge on any atom is -0.477 e. The van der Waals surface area contributed by atoms with Gasteiger partial charge in [-0.25, -0.2) is 14.2 Å². The van der Waals surface area contributed by atoms with Crippen LogP contribution < -0.4 is 10.3 Å². The third kappa shape index (κ3) is 5.02. The molecule has 2 aromatic carbocycles. The van der Waals surface area contributed by atoms with E-state index in [1.54, 1.807) is 24.7 Å². The average Bonchev–Trinajstić information content (AvgIpc) is 3.63. The third-order valence-corrected chi connectivity index (χ3v) is 8.19. The van der Waals surface area contributed by atoms with Crippen molar-refractivity contribution in [1.29, 1.82) is 0 Å². The lowest BCUT2D eigenvalue weighted by Crippen LogP contribution is -2.48. The van der Waals surface area contributed by atoms with Gasteiger partial charge >= 0.3 is 5.97 Å². The van der Waals surface area contributed by atoms with Crippen LogP contribution in [0.2, 0.25) is 10.0 Å². The van der Waals surface area contributed by atoms with Gasteiger partial charge < -0.3 is 19.1 Å². The number of hydrogen-bond donors (Lipinski definition) is 1. The first-order chi connectivity index (χ1) is 18.8. The summed E-state index contributed by atoms with van der Waals surface area (Å²) in [5, 5.41) is 10.8. The lowest BCUT2D eigenvalue weighted by Gasteiger charge is -2.41. The highest BCUT2D eigenvalue weighted by atomic mass is 35.5. The zero-order chi connectivity index (χ0) is 27.3. The van der Waals surface area contributed by atoms with E-state index in [9.17, 15) is 14.7 Å². The highest BCUT2D eigenvalue weighted by Crippen LogP contribution is 2.38. The van der Waals surface area contributed by atoms with Crippen molar-refractivity contribution >= 4 is 45.8 Å². The zero-order valence-corrected chi connectivity index (χ0v) is 22.4. The van der Waals surface area contributed by atoms with E-state index in [1.807, 2.05) is 32.4 Å². The van der Waals surface area contributed by atoms with E-state index < -0.39 is 17.2 Å². The van der Waals surface area contributed by atoms with Crippen LogP contribution in [-0.4, -0.2) is 56.3 Å². The van der Waals surface area contributed by atoms with Crippen LogP contribution in [-0.2, 0) is 6.54 Å². The molecule has 4 aromatic rings. The number of anilines is 1. The summed E-state index contributed by atoms with van der Waals surface area (Å²) in [5.74, 6) is -1.84. The second kappa shape index (κ2) is 10.3. The highest BCUT2D eigenvalue weighted by molar-refractivity contribution is 6.35. The van der Waals surface area contributed by atoms with Crippen molar-refractivity contribution in [3.8, 4) is 0 Å².